The van der Waals surface area contributed by atoms with Crippen LogP contribution in [0.2, 0.25) is 0 Å². The van der Waals surface area contributed by atoms with Crippen LogP contribution in [0.5, 0.6) is 0 Å². The van der Waals surface area contributed by atoms with Gasteiger partial charge in [0.05, 0.1) is 12.7 Å². The Balaban J connectivity index is 0.000000791. The van der Waals surface area contributed by atoms with Gasteiger partial charge in [0.1, 0.15) is 0 Å². The number of rotatable bonds is 4. The summed E-state index contributed by atoms with van der Waals surface area (Å²) in [5.74, 6) is 0.119. The predicted octanol–water partition coefficient (Wildman–Crippen LogP) is 2.67. The van der Waals surface area contributed by atoms with Crippen LogP contribution in [-0.2, 0) is 17.8 Å². The molecule has 0 aliphatic carbocycles. The van der Waals surface area contributed by atoms with E-state index in [9.17, 15) is 4.79 Å². The molecule has 0 bridgehead atoms. The maximum atomic E-state index is 11.7. The van der Waals surface area contributed by atoms with Gasteiger partial charge < -0.3 is 16.0 Å². The van der Waals surface area contributed by atoms with Crippen LogP contribution in [0.3, 0.4) is 0 Å². The Morgan fingerprint density at radius 2 is 2.00 bits per heavy atom. The summed E-state index contributed by atoms with van der Waals surface area (Å²) in [7, 11) is 3.44. The minimum atomic E-state index is 0.119. The number of likely N-dealkylation sites (N-methyl/N-ethyl adjacent to an activating group) is 1. The molecule has 3 N–H and O–H groups in total. The number of carbonyl (C=O) groups is 1. The maximum absolute atomic E-state index is 11.7. The Bertz CT molecular complexity index is 681. The zero-order valence-electron chi connectivity index (χ0n) is 16.7. The summed E-state index contributed by atoms with van der Waals surface area (Å²) in [6, 6.07) is 6.35. The van der Waals surface area contributed by atoms with E-state index in [-0.39, 0.29) is 5.91 Å². The Morgan fingerprint density at radius 3 is 2.65 bits per heavy atom. The van der Waals surface area contributed by atoms with Gasteiger partial charge in [0.15, 0.2) is 0 Å². The number of nitrogens with zero attached hydrogens (tertiary/aromatic N) is 3. The van der Waals surface area contributed by atoms with Crippen LogP contribution in [0, 0.1) is 0 Å². The second kappa shape index (κ2) is 11.4. The van der Waals surface area contributed by atoms with E-state index in [1.54, 1.807) is 6.92 Å². The molecule has 2 aromatic rings. The van der Waals surface area contributed by atoms with Gasteiger partial charge >= 0.3 is 0 Å². The molecule has 0 atom stereocenters. The highest BCUT2D eigenvalue weighted by molar-refractivity contribution is 5.93. The largest absolute Gasteiger partial charge is 0.333 e. The van der Waals surface area contributed by atoms with Crippen LogP contribution in [0.1, 0.15) is 32.8 Å². The van der Waals surface area contributed by atoms with E-state index >= 15 is 0 Å². The smallest absolute Gasteiger partial charge is 0.223 e. The van der Waals surface area contributed by atoms with Crippen molar-refractivity contribution in [3.63, 3.8) is 0 Å². The quantitative estimate of drug-likeness (QED) is 0.880. The van der Waals surface area contributed by atoms with Crippen molar-refractivity contribution in [3.8, 4) is 11.1 Å². The van der Waals surface area contributed by atoms with E-state index in [4.69, 9.17) is 0 Å². The van der Waals surface area contributed by atoms with E-state index < -0.39 is 0 Å². The number of carbonyl (C=O) groups excluding carboxylic acids is 1. The zero-order valence-corrected chi connectivity index (χ0v) is 16.7. The first kappa shape index (κ1) is 21.9. The molecule has 0 radical (unpaired) electrons. The first-order chi connectivity index (χ1) is 12.7. The molecule has 0 fully saturated rings. The number of hydrogen-bond donors (Lipinski definition) is 2. The molecule has 6 heteroatoms. The normalized spacial score (nSPS) is 12.3. The van der Waals surface area contributed by atoms with Crippen molar-refractivity contribution in [1.29, 1.82) is 0 Å². The molecule has 0 spiro atoms. The van der Waals surface area contributed by atoms with Crippen LogP contribution >= 0.6 is 0 Å². The van der Waals surface area contributed by atoms with E-state index in [1.807, 2.05) is 36.7 Å². The molecule has 3 rings (SSSR count). The maximum Gasteiger partial charge on any atom is 0.223 e. The summed E-state index contributed by atoms with van der Waals surface area (Å²) in [5, 5.41) is 7.52. The molecule has 0 saturated carbocycles. The van der Waals surface area contributed by atoms with Crippen LogP contribution in [0.25, 0.3) is 11.1 Å². The average molecular weight is 360 g/mol. The number of fused-ring (bicyclic) bond motifs is 1. The number of anilines is 1. The Morgan fingerprint density at radius 1 is 1.27 bits per heavy atom. The third-order valence-electron chi connectivity index (χ3n) is 4.14. The number of hydrogen-bond acceptors (Lipinski definition) is 4. The Hall–Kier alpha value is -2.18. The van der Waals surface area contributed by atoms with Gasteiger partial charge in [-0.1, -0.05) is 19.9 Å². The van der Waals surface area contributed by atoms with Crippen LogP contribution < -0.4 is 16.0 Å². The van der Waals surface area contributed by atoms with Crippen molar-refractivity contribution in [3.05, 3.63) is 36.2 Å². The fourth-order valence-corrected chi connectivity index (χ4v) is 2.97. The molecule has 1 amide bonds. The number of aryl methyl sites for hydroxylation is 1. The summed E-state index contributed by atoms with van der Waals surface area (Å²) in [4.78, 5) is 13.6. The minimum absolute atomic E-state index is 0.119. The molecule has 26 heavy (non-hydrogen) atoms. The number of benzene rings is 1. The molecule has 0 unspecified atom stereocenters. The van der Waals surface area contributed by atoms with Gasteiger partial charge in [-0.05, 0) is 50.2 Å². The van der Waals surface area contributed by atoms with Crippen LogP contribution in [0.15, 0.2) is 30.6 Å². The molecule has 2 heterocycles. The molecular formula is C20H33N5O. The summed E-state index contributed by atoms with van der Waals surface area (Å²) >= 11 is 0. The highest BCUT2D eigenvalue weighted by Crippen LogP contribution is 2.31. The lowest BCUT2D eigenvalue weighted by atomic mass is 9.97. The van der Waals surface area contributed by atoms with Crippen LogP contribution in [-0.4, -0.2) is 42.9 Å². The predicted molar refractivity (Wildman–Crippen MR) is 109 cm³/mol. The van der Waals surface area contributed by atoms with E-state index in [1.165, 1.54) is 18.2 Å². The number of nitrogens with two attached hydrogens (primary N) is 1. The molecular weight excluding hydrogens is 326 g/mol. The van der Waals surface area contributed by atoms with Crippen LogP contribution in [0.4, 0.5) is 5.69 Å². The zero-order chi connectivity index (χ0) is 19.5. The second-order valence-electron chi connectivity index (χ2n) is 5.71. The summed E-state index contributed by atoms with van der Waals surface area (Å²) < 4.78 is 1.95. The third kappa shape index (κ3) is 5.41. The van der Waals surface area contributed by atoms with Crippen molar-refractivity contribution in [2.24, 2.45) is 5.73 Å². The lowest BCUT2D eigenvalue weighted by Crippen LogP contribution is -2.33. The van der Waals surface area contributed by atoms with Gasteiger partial charge in [0, 0.05) is 37.5 Å². The van der Waals surface area contributed by atoms with E-state index in [0.717, 1.165) is 43.7 Å². The first-order valence-electron chi connectivity index (χ1n) is 9.35. The van der Waals surface area contributed by atoms with Crippen molar-refractivity contribution < 1.29 is 4.79 Å². The molecule has 1 aromatic heterocycles. The van der Waals surface area contributed by atoms with Crippen molar-refractivity contribution in [2.45, 2.75) is 40.2 Å². The molecule has 1 aromatic carbocycles. The molecule has 1 aliphatic heterocycles. The number of nitrogens with one attached hydrogen (secondary N) is 1. The van der Waals surface area contributed by atoms with Gasteiger partial charge in [-0.25, -0.2) is 0 Å². The van der Waals surface area contributed by atoms with Gasteiger partial charge in [0.25, 0.3) is 0 Å². The number of amides is 1. The molecule has 1 aliphatic rings. The lowest BCUT2D eigenvalue weighted by Gasteiger charge is -2.28. The second-order valence-corrected chi connectivity index (χ2v) is 5.71. The summed E-state index contributed by atoms with van der Waals surface area (Å²) in [6.07, 6.45) is 6.03. The van der Waals surface area contributed by atoms with Gasteiger partial charge in [0.2, 0.25) is 5.91 Å². The minimum Gasteiger partial charge on any atom is -0.333 e. The van der Waals surface area contributed by atoms with Crippen molar-refractivity contribution >= 4 is 11.6 Å². The standard InChI is InChI=1S/C17H22N4O.C2H6.CH5N/c1-13(22)21-8-3-4-15-10-14(5-6-17(15)21)16-11-19-20(12-16)9-7-18-2;2*1-2/h5-6,10-12,18H,3-4,7-9H2,1-2H3;1-2H3;2H2,1H3. The highest BCUT2D eigenvalue weighted by Gasteiger charge is 2.20. The highest BCUT2D eigenvalue weighted by atomic mass is 16.2. The fraction of sp³-hybridized carbons (Fsp3) is 0.500. The Kier molecular flexibility index (Phi) is 9.62. The van der Waals surface area contributed by atoms with Gasteiger partial charge in [-0.3, -0.25) is 9.48 Å². The molecule has 144 valence electrons. The van der Waals surface area contributed by atoms with Gasteiger partial charge in [-0.15, -0.1) is 0 Å². The van der Waals surface area contributed by atoms with Gasteiger partial charge in [-0.2, -0.15) is 5.10 Å². The van der Waals surface area contributed by atoms with E-state index in [2.05, 4.69) is 40.5 Å². The molecule has 0 saturated heterocycles. The molecule has 6 nitrogen and oxygen atoms in total. The van der Waals surface area contributed by atoms with Crippen molar-refractivity contribution in [2.75, 3.05) is 32.1 Å². The van der Waals surface area contributed by atoms with E-state index in [0.29, 0.717) is 0 Å². The summed E-state index contributed by atoms with van der Waals surface area (Å²) in [5.41, 5.74) is 9.10. The Labute approximate surface area is 157 Å². The summed E-state index contributed by atoms with van der Waals surface area (Å²) in [6.45, 7) is 8.22. The SMILES string of the molecule is CC.CN.CNCCn1cc(-c2ccc3c(c2)CCCN3C(C)=O)cn1. The number of aromatic nitrogens is 2. The lowest BCUT2D eigenvalue weighted by molar-refractivity contribution is -0.116. The topological polar surface area (TPSA) is 76.2 Å². The average Bonchev–Trinajstić information content (AvgIpc) is 3.17. The third-order valence-corrected chi connectivity index (χ3v) is 4.14. The fourth-order valence-electron chi connectivity index (χ4n) is 2.97. The monoisotopic (exact) mass is 359 g/mol. The first-order valence-corrected chi connectivity index (χ1v) is 9.35. The van der Waals surface area contributed by atoms with Crippen molar-refractivity contribution in [1.82, 2.24) is 15.1 Å².